The second kappa shape index (κ2) is 4.02. The Morgan fingerprint density at radius 2 is 1.90 bits per heavy atom. The van der Waals surface area contributed by atoms with Crippen molar-refractivity contribution in [3.63, 3.8) is 0 Å². The number of carbonyl (C=O) groups excluding carboxylic acids is 1. The molecule has 0 saturated carbocycles. The molecule has 1 fully saturated rings. The van der Waals surface area contributed by atoms with Crippen molar-refractivity contribution in [3.8, 4) is 11.5 Å². The number of nitrogens with one attached hydrogen (secondary N) is 2. The van der Waals surface area contributed by atoms with Crippen LogP contribution in [-0.2, 0) is 0 Å². The van der Waals surface area contributed by atoms with E-state index in [0.29, 0.717) is 11.3 Å². The predicted molar refractivity (Wildman–Crippen MR) is 73.3 cm³/mol. The lowest BCUT2D eigenvalue weighted by Crippen LogP contribution is -2.66. The summed E-state index contributed by atoms with van der Waals surface area (Å²) in [7, 11) is 2.03. The number of fused-ring (bicyclic) bond motifs is 2. The molecule has 3 aliphatic rings. The number of carbonyl (C=O) groups is 1. The topological polar surface area (TPSA) is 62.8 Å². The van der Waals surface area contributed by atoms with E-state index >= 15 is 0 Å². The van der Waals surface area contributed by atoms with Gasteiger partial charge in [-0.3, -0.25) is 4.79 Å². The molecular formula is C14H17N3O3. The van der Waals surface area contributed by atoms with E-state index in [9.17, 15) is 4.79 Å². The molecule has 6 heteroatoms. The van der Waals surface area contributed by atoms with Crippen molar-refractivity contribution < 1.29 is 14.3 Å². The van der Waals surface area contributed by atoms with Gasteiger partial charge in [0, 0.05) is 26.0 Å². The zero-order valence-electron chi connectivity index (χ0n) is 11.4. The van der Waals surface area contributed by atoms with Crippen molar-refractivity contribution in [1.82, 2.24) is 10.6 Å². The number of nitrogens with zero attached hydrogens (tertiary/aromatic N) is 1. The first-order chi connectivity index (χ1) is 9.70. The summed E-state index contributed by atoms with van der Waals surface area (Å²) in [6, 6.07) is 3.69. The third-order valence-electron chi connectivity index (χ3n) is 4.52. The number of amides is 1. The van der Waals surface area contributed by atoms with Crippen LogP contribution in [0, 0.1) is 0 Å². The zero-order valence-corrected chi connectivity index (χ0v) is 11.4. The summed E-state index contributed by atoms with van der Waals surface area (Å²) in [6.07, 6.45) is 1.78. The molecule has 1 amide bonds. The molecule has 106 valence electrons. The Bertz CT molecular complexity index is 581. The van der Waals surface area contributed by atoms with Gasteiger partial charge in [-0.2, -0.15) is 0 Å². The SMILES string of the molecule is CN1c2cc3c(cc2C(=O)NC12CCNCC2)OCO3. The van der Waals surface area contributed by atoms with Crippen molar-refractivity contribution in [3.05, 3.63) is 17.7 Å². The standard InChI is InChI=1S/C14H17N3O3/c1-17-10-7-12-11(19-8-20-12)6-9(10)13(18)16-14(17)2-4-15-5-3-14/h6-7,15H,2-5,8H2,1H3,(H,16,18). The summed E-state index contributed by atoms with van der Waals surface area (Å²) in [5.74, 6) is 1.33. The minimum atomic E-state index is -0.289. The molecule has 1 aromatic carbocycles. The van der Waals surface area contributed by atoms with Gasteiger partial charge in [0.05, 0.1) is 11.3 Å². The summed E-state index contributed by atoms with van der Waals surface area (Å²) in [4.78, 5) is 14.6. The minimum absolute atomic E-state index is 0.0294. The van der Waals surface area contributed by atoms with Gasteiger partial charge in [0.25, 0.3) is 5.91 Å². The summed E-state index contributed by atoms with van der Waals surface area (Å²) < 4.78 is 10.8. The highest BCUT2D eigenvalue weighted by Crippen LogP contribution is 2.42. The minimum Gasteiger partial charge on any atom is -0.454 e. The number of anilines is 1. The molecule has 0 aliphatic carbocycles. The van der Waals surface area contributed by atoms with Gasteiger partial charge in [-0.05, 0) is 19.2 Å². The fourth-order valence-electron chi connectivity index (χ4n) is 3.28. The van der Waals surface area contributed by atoms with Crippen molar-refractivity contribution in [2.24, 2.45) is 0 Å². The van der Waals surface area contributed by atoms with Gasteiger partial charge >= 0.3 is 0 Å². The molecule has 20 heavy (non-hydrogen) atoms. The maximum Gasteiger partial charge on any atom is 0.255 e. The van der Waals surface area contributed by atoms with E-state index in [1.54, 1.807) is 6.07 Å². The largest absolute Gasteiger partial charge is 0.454 e. The molecule has 1 aromatic rings. The monoisotopic (exact) mass is 275 g/mol. The van der Waals surface area contributed by atoms with E-state index in [0.717, 1.165) is 37.4 Å². The van der Waals surface area contributed by atoms with Crippen LogP contribution in [0.2, 0.25) is 0 Å². The molecule has 2 N–H and O–H groups in total. The number of hydrogen-bond donors (Lipinski definition) is 2. The van der Waals surface area contributed by atoms with Crippen molar-refractivity contribution in [1.29, 1.82) is 0 Å². The molecule has 0 aromatic heterocycles. The molecule has 0 unspecified atom stereocenters. The first-order valence-corrected chi connectivity index (χ1v) is 6.90. The summed E-state index contributed by atoms with van der Waals surface area (Å²) >= 11 is 0. The first-order valence-electron chi connectivity index (χ1n) is 6.90. The third kappa shape index (κ3) is 1.51. The lowest BCUT2D eigenvalue weighted by Gasteiger charge is -2.49. The maximum atomic E-state index is 12.4. The van der Waals surface area contributed by atoms with Crippen LogP contribution in [0.25, 0.3) is 0 Å². The van der Waals surface area contributed by atoms with Crippen LogP contribution in [0.3, 0.4) is 0 Å². The lowest BCUT2D eigenvalue weighted by molar-refractivity contribution is 0.0856. The number of hydrogen-bond acceptors (Lipinski definition) is 5. The Balaban J connectivity index is 1.81. The number of piperidine rings is 1. The highest BCUT2D eigenvalue weighted by molar-refractivity contribution is 6.03. The van der Waals surface area contributed by atoms with Crippen LogP contribution in [0.5, 0.6) is 11.5 Å². The molecule has 1 spiro atoms. The first kappa shape index (κ1) is 11.8. The Morgan fingerprint density at radius 3 is 2.65 bits per heavy atom. The van der Waals surface area contributed by atoms with Crippen LogP contribution in [0.4, 0.5) is 5.69 Å². The number of benzene rings is 1. The average Bonchev–Trinajstić information content (AvgIpc) is 2.92. The quantitative estimate of drug-likeness (QED) is 0.729. The smallest absolute Gasteiger partial charge is 0.255 e. The highest BCUT2D eigenvalue weighted by atomic mass is 16.7. The molecule has 0 bridgehead atoms. The summed E-state index contributed by atoms with van der Waals surface area (Å²) in [5.41, 5.74) is 1.28. The molecule has 6 nitrogen and oxygen atoms in total. The van der Waals surface area contributed by atoms with Gasteiger partial charge in [0.15, 0.2) is 11.5 Å². The summed E-state index contributed by atoms with van der Waals surface area (Å²) in [6.45, 7) is 2.04. The Kier molecular flexibility index (Phi) is 2.38. The van der Waals surface area contributed by atoms with Gasteiger partial charge in [-0.25, -0.2) is 0 Å². The number of ether oxygens (including phenoxy) is 2. The van der Waals surface area contributed by atoms with Gasteiger partial charge in [0.2, 0.25) is 6.79 Å². The van der Waals surface area contributed by atoms with E-state index < -0.39 is 0 Å². The molecule has 4 rings (SSSR count). The van der Waals surface area contributed by atoms with E-state index in [1.165, 1.54) is 0 Å². The van der Waals surface area contributed by atoms with Gasteiger partial charge < -0.3 is 25.0 Å². The second-order valence-electron chi connectivity index (χ2n) is 5.52. The zero-order chi connectivity index (χ0) is 13.7. The second-order valence-corrected chi connectivity index (χ2v) is 5.52. The van der Waals surface area contributed by atoms with Gasteiger partial charge in [-0.15, -0.1) is 0 Å². The Hall–Kier alpha value is -1.95. The molecule has 0 atom stereocenters. The Morgan fingerprint density at radius 1 is 1.20 bits per heavy atom. The molecule has 0 radical (unpaired) electrons. The van der Waals surface area contributed by atoms with E-state index in [1.807, 2.05) is 13.1 Å². The highest BCUT2D eigenvalue weighted by Gasteiger charge is 2.43. The lowest BCUT2D eigenvalue weighted by atomic mass is 9.91. The van der Waals surface area contributed by atoms with Crippen LogP contribution < -0.4 is 25.0 Å². The summed E-state index contributed by atoms with van der Waals surface area (Å²) in [5, 5.41) is 6.51. The van der Waals surface area contributed by atoms with E-state index in [-0.39, 0.29) is 18.4 Å². The fourth-order valence-corrected chi connectivity index (χ4v) is 3.28. The molecular weight excluding hydrogens is 258 g/mol. The van der Waals surface area contributed by atoms with Crippen LogP contribution in [-0.4, -0.2) is 38.5 Å². The Labute approximate surface area is 117 Å². The predicted octanol–water partition coefficient (Wildman–Crippen LogP) is 0.675. The molecule has 3 aliphatic heterocycles. The fraction of sp³-hybridized carbons (Fsp3) is 0.500. The average molecular weight is 275 g/mol. The van der Waals surface area contributed by atoms with Crippen LogP contribution in [0.15, 0.2) is 12.1 Å². The van der Waals surface area contributed by atoms with Crippen molar-refractivity contribution in [2.45, 2.75) is 18.5 Å². The maximum absolute atomic E-state index is 12.4. The van der Waals surface area contributed by atoms with Crippen molar-refractivity contribution in [2.75, 3.05) is 31.8 Å². The normalized spacial score (nSPS) is 22.6. The molecule has 1 saturated heterocycles. The van der Waals surface area contributed by atoms with Gasteiger partial charge in [0.1, 0.15) is 5.66 Å². The third-order valence-corrected chi connectivity index (χ3v) is 4.52. The van der Waals surface area contributed by atoms with Gasteiger partial charge in [-0.1, -0.05) is 0 Å². The van der Waals surface area contributed by atoms with E-state index in [2.05, 4.69) is 15.5 Å². The van der Waals surface area contributed by atoms with Crippen molar-refractivity contribution >= 4 is 11.6 Å². The number of rotatable bonds is 0. The molecule has 3 heterocycles. The van der Waals surface area contributed by atoms with E-state index in [4.69, 9.17) is 9.47 Å². The van der Waals surface area contributed by atoms with Crippen LogP contribution >= 0.6 is 0 Å². The van der Waals surface area contributed by atoms with Crippen LogP contribution in [0.1, 0.15) is 23.2 Å².